The average molecular weight is 303 g/mol. The van der Waals surface area contributed by atoms with Gasteiger partial charge in [-0.2, -0.15) is 0 Å². The lowest BCUT2D eigenvalue weighted by Crippen LogP contribution is -2.21. The van der Waals surface area contributed by atoms with Gasteiger partial charge in [0.1, 0.15) is 17.5 Å². The van der Waals surface area contributed by atoms with E-state index in [1.807, 2.05) is 0 Å². The lowest BCUT2D eigenvalue weighted by atomic mass is 9.87. The van der Waals surface area contributed by atoms with Gasteiger partial charge in [0.15, 0.2) is 11.6 Å². The minimum atomic E-state index is -0.951. The Morgan fingerprint density at radius 3 is 2.23 bits per heavy atom. The number of nitrogens with zero attached hydrogens (tertiary/aromatic N) is 1. The third-order valence-corrected chi connectivity index (χ3v) is 3.33. The number of hydrogen-bond donors (Lipinski definition) is 0. The zero-order valence-electron chi connectivity index (χ0n) is 11.1. The third kappa shape index (κ3) is 2.32. The van der Waals surface area contributed by atoms with Crippen molar-refractivity contribution in [3.8, 4) is 0 Å². The zero-order valence-corrected chi connectivity index (χ0v) is 11.1. The second-order valence-electron chi connectivity index (χ2n) is 4.79. The molecule has 0 unspecified atom stereocenters. The Labute approximate surface area is 123 Å². The molecular weight excluding hydrogens is 295 g/mol. The molecule has 0 aliphatic heterocycles. The highest BCUT2D eigenvalue weighted by molar-refractivity contribution is 6.24. The number of aromatic nitrogens is 1. The predicted molar refractivity (Wildman–Crippen MR) is 71.0 cm³/mol. The van der Waals surface area contributed by atoms with Crippen molar-refractivity contribution in [2.45, 2.75) is 6.42 Å². The van der Waals surface area contributed by atoms with E-state index in [4.69, 9.17) is 0 Å². The van der Waals surface area contributed by atoms with E-state index in [-0.39, 0.29) is 12.0 Å². The summed E-state index contributed by atoms with van der Waals surface area (Å²) in [6.07, 6.45) is 1.87. The first-order valence-corrected chi connectivity index (χ1v) is 6.35. The smallest absolute Gasteiger partial charge is 0.193 e. The summed E-state index contributed by atoms with van der Waals surface area (Å²) in [4.78, 5) is 28.0. The van der Waals surface area contributed by atoms with Gasteiger partial charge in [0.25, 0.3) is 0 Å². The molecule has 3 rings (SSSR count). The Bertz CT molecular complexity index is 826. The van der Waals surface area contributed by atoms with Crippen molar-refractivity contribution in [3.63, 3.8) is 0 Å². The van der Waals surface area contributed by atoms with Crippen LogP contribution < -0.4 is 0 Å². The number of benzene rings is 1. The number of hydrogen-bond acceptors (Lipinski definition) is 3. The number of pyridine rings is 1. The van der Waals surface area contributed by atoms with Crippen molar-refractivity contribution in [2.24, 2.45) is 0 Å². The van der Waals surface area contributed by atoms with Crippen LogP contribution in [0.2, 0.25) is 0 Å². The third-order valence-electron chi connectivity index (χ3n) is 3.33. The normalized spacial score (nSPS) is 13.9. The summed E-state index contributed by atoms with van der Waals surface area (Å²) in [5.41, 5.74) is -0.791. The first kappa shape index (κ1) is 14.2. The minimum absolute atomic E-state index is 0.0129. The van der Waals surface area contributed by atoms with Crippen LogP contribution in [0.3, 0.4) is 0 Å². The van der Waals surface area contributed by atoms with Crippen molar-refractivity contribution >= 4 is 11.6 Å². The second-order valence-corrected chi connectivity index (χ2v) is 4.79. The molecule has 0 atom stereocenters. The fourth-order valence-corrected chi connectivity index (χ4v) is 2.31. The molecule has 0 bridgehead atoms. The van der Waals surface area contributed by atoms with E-state index in [0.717, 1.165) is 30.5 Å². The number of rotatable bonds is 2. The van der Waals surface area contributed by atoms with Gasteiger partial charge in [-0.05, 0) is 30.3 Å². The molecule has 1 aromatic heterocycles. The SMILES string of the molecule is O=C1C=C(Cc2ccc(F)cn2)C(=O)c2c(F)ccc(F)c21. The summed E-state index contributed by atoms with van der Waals surface area (Å²) >= 11 is 0. The molecule has 0 fully saturated rings. The van der Waals surface area contributed by atoms with Gasteiger partial charge in [0.2, 0.25) is 0 Å². The highest BCUT2D eigenvalue weighted by Gasteiger charge is 2.31. The van der Waals surface area contributed by atoms with E-state index in [1.54, 1.807) is 0 Å². The van der Waals surface area contributed by atoms with Crippen molar-refractivity contribution < 1.29 is 22.8 Å². The van der Waals surface area contributed by atoms with Crippen LogP contribution in [-0.2, 0) is 6.42 Å². The monoisotopic (exact) mass is 303 g/mol. The summed E-state index contributed by atoms with van der Waals surface area (Å²) < 4.78 is 40.3. The largest absolute Gasteiger partial charge is 0.289 e. The summed E-state index contributed by atoms with van der Waals surface area (Å²) in [5.74, 6) is -3.97. The first-order chi connectivity index (χ1) is 10.5. The van der Waals surface area contributed by atoms with E-state index in [1.165, 1.54) is 6.07 Å². The van der Waals surface area contributed by atoms with Gasteiger partial charge < -0.3 is 0 Å². The second kappa shape index (κ2) is 5.22. The highest BCUT2D eigenvalue weighted by Crippen LogP contribution is 2.27. The van der Waals surface area contributed by atoms with Gasteiger partial charge in [0, 0.05) is 17.7 Å². The molecule has 3 nitrogen and oxygen atoms in total. The van der Waals surface area contributed by atoms with Crippen LogP contribution >= 0.6 is 0 Å². The zero-order chi connectivity index (χ0) is 15.9. The summed E-state index contributed by atoms with van der Waals surface area (Å²) in [5, 5.41) is 0. The van der Waals surface area contributed by atoms with E-state index in [0.29, 0.717) is 5.69 Å². The quantitative estimate of drug-likeness (QED) is 0.856. The maximum atomic E-state index is 13.8. The number of carbonyl (C=O) groups is 2. The van der Waals surface area contributed by atoms with Crippen molar-refractivity contribution in [2.75, 3.05) is 0 Å². The van der Waals surface area contributed by atoms with E-state index < -0.39 is 40.1 Å². The van der Waals surface area contributed by atoms with Gasteiger partial charge in [-0.3, -0.25) is 14.6 Å². The number of allylic oxidation sites excluding steroid dienone is 2. The number of fused-ring (bicyclic) bond motifs is 1. The maximum Gasteiger partial charge on any atom is 0.193 e. The van der Waals surface area contributed by atoms with E-state index in [2.05, 4.69) is 4.98 Å². The molecule has 1 heterocycles. The lowest BCUT2D eigenvalue weighted by molar-refractivity contribution is 0.0975. The van der Waals surface area contributed by atoms with Crippen LogP contribution in [0.25, 0.3) is 0 Å². The van der Waals surface area contributed by atoms with Crippen LogP contribution in [-0.4, -0.2) is 16.6 Å². The molecule has 0 radical (unpaired) electrons. The van der Waals surface area contributed by atoms with Crippen molar-refractivity contribution in [1.82, 2.24) is 4.98 Å². The van der Waals surface area contributed by atoms with Gasteiger partial charge in [-0.25, -0.2) is 13.2 Å². The van der Waals surface area contributed by atoms with Gasteiger partial charge in [0.05, 0.1) is 17.3 Å². The fraction of sp³-hybridized carbons (Fsp3) is 0.0625. The number of ketones is 2. The molecule has 22 heavy (non-hydrogen) atoms. The summed E-state index contributed by atoms with van der Waals surface area (Å²) in [7, 11) is 0. The molecule has 0 saturated heterocycles. The maximum absolute atomic E-state index is 13.8. The Hall–Kier alpha value is -2.76. The topological polar surface area (TPSA) is 47.0 Å². The molecule has 1 aromatic carbocycles. The number of halogens is 3. The van der Waals surface area contributed by atoms with E-state index in [9.17, 15) is 22.8 Å². The Morgan fingerprint density at radius 1 is 0.909 bits per heavy atom. The molecule has 0 amide bonds. The Balaban J connectivity index is 2.02. The predicted octanol–water partition coefficient (Wildman–Crippen LogP) is 3.05. The Morgan fingerprint density at radius 2 is 1.59 bits per heavy atom. The molecule has 1 aliphatic carbocycles. The minimum Gasteiger partial charge on any atom is -0.289 e. The average Bonchev–Trinajstić information content (AvgIpc) is 2.49. The number of carbonyl (C=O) groups excluding carboxylic acids is 2. The van der Waals surface area contributed by atoms with E-state index >= 15 is 0 Å². The van der Waals surface area contributed by atoms with Crippen molar-refractivity contribution in [3.05, 3.63) is 76.4 Å². The summed E-state index contributed by atoms with van der Waals surface area (Å²) in [6, 6.07) is 4.12. The molecule has 0 N–H and O–H groups in total. The summed E-state index contributed by atoms with van der Waals surface area (Å²) in [6.45, 7) is 0. The van der Waals surface area contributed by atoms with Crippen LogP contribution in [0.1, 0.15) is 26.4 Å². The van der Waals surface area contributed by atoms with Gasteiger partial charge in [-0.15, -0.1) is 0 Å². The standard InChI is InChI=1S/C16H8F3NO2/c17-9-1-2-10(20-7-9)5-8-6-13(21)14-11(18)3-4-12(19)15(14)16(8)22/h1-4,6-7H,5H2. The molecule has 1 aliphatic rings. The van der Waals surface area contributed by atoms with Crippen LogP contribution in [0.5, 0.6) is 0 Å². The Kier molecular flexibility index (Phi) is 3.36. The van der Waals surface area contributed by atoms with Crippen molar-refractivity contribution in [1.29, 1.82) is 0 Å². The fourth-order valence-electron chi connectivity index (χ4n) is 2.31. The number of Topliss-reactive ketones (excluding diaryl/α,β-unsaturated/α-hetero) is 1. The highest BCUT2D eigenvalue weighted by atomic mass is 19.1. The molecule has 0 saturated carbocycles. The van der Waals surface area contributed by atoms with Gasteiger partial charge >= 0.3 is 0 Å². The van der Waals surface area contributed by atoms with Crippen LogP contribution in [0.15, 0.2) is 42.1 Å². The van der Waals surface area contributed by atoms with Crippen LogP contribution in [0, 0.1) is 17.5 Å². The molecule has 110 valence electrons. The lowest BCUT2D eigenvalue weighted by Gasteiger charge is -2.16. The first-order valence-electron chi connectivity index (χ1n) is 6.35. The van der Waals surface area contributed by atoms with Crippen LogP contribution in [0.4, 0.5) is 13.2 Å². The van der Waals surface area contributed by atoms with Gasteiger partial charge in [-0.1, -0.05) is 0 Å². The molecular formula is C16H8F3NO2. The molecule has 0 spiro atoms. The molecule has 2 aromatic rings. The molecule has 6 heteroatoms.